The van der Waals surface area contributed by atoms with E-state index in [4.69, 9.17) is 4.74 Å². The molecule has 0 saturated carbocycles. The molecule has 0 unspecified atom stereocenters. The molecular weight excluding hydrogens is 280 g/mol. The molecule has 1 N–H and O–H groups in total. The minimum absolute atomic E-state index is 0.00164. The molecular formula is C17H24N2O3. The van der Waals surface area contributed by atoms with Crippen LogP contribution < -0.4 is 5.32 Å². The van der Waals surface area contributed by atoms with E-state index in [1.165, 1.54) is 0 Å². The van der Waals surface area contributed by atoms with Crippen LogP contribution in [0.4, 0.5) is 5.69 Å². The highest BCUT2D eigenvalue weighted by Crippen LogP contribution is 2.23. The Morgan fingerprint density at radius 3 is 2.86 bits per heavy atom. The van der Waals surface area contributed by atoms with Crippen LogP contribution in [-0.4, -0.2) is 43.0 Å². The standard InChI is InChI=1S/C17H24N2O3/c1-4-13-7-5-6-8-15(13)18-17(21)14-9-16(20)19(10-14)12(2)11-22-3/h5-8,12,14H,4,9-11H2,1-3H3,(H,18,21)/t12-,14-/m0/s1. The number of carbonyl (C=O) groups is 2. The van der Waals surface area contributed by atoms with Crippen LogP contribution in [0.15, 0.2) is 24.3 Å². The fourth-order valence-corrected chi connectivity index (χ4v) is 2.85. The fraction of sp³-hybridized carbons (Fsp3) is 0.529. The van der Waals surface area contributed by atoms with Gasteiger partial charge in [0.25, 0.3) is 0 Å². The number of nitrogens with zero attached hydrogens (tertiary/aromatic N) is 1. The van der Waals surface area contributed by atoms with Gasteiger partial charge in [0.05, 0.1) is 18.6 Å². The molecule has 1 aromatic carbocycles. The summed E-state index contributed by atoms with van der Waals surface area (Å²) in [6.07, 6.45) is 1.13. The van der Waals surface area contributed by atoms with E-state index in [-0.39, 0.29) is 30.2 Å². The fourth-order valence-electron chi connectivity index (χ4n) is 2.85. The van der Waals surface area contributed by atoms with Crippen molar-refractivity contribution in [2.45, 2.75) is 32.7 Å². The van der Waals surface area contributed by atoms with Gasteiger partial charge in [0.2, 0.25) is 11.8 Å². The lowest BCUT2D eigenvalue weighted by molar-refractivity contribution is -0.130. The average molecular weight is 304 g/mol. The molecule has 1 saturated heterocycles. The molecule has 5 heteroatoms. The lowest BCUT2D eigenvalue weighted by Crippen LogP contribution is -2.38. The average Bonchev–Trinajstić information content (AvgIpc) is 2.90. The number of aryl methyl sites for hydroxylation is 1. The van der Waals surface area contributed by atoms with Crippen molar-refractivity contribution in [3.63, 3.8) is 0 Å². The maximum Gasteiger partial charge on any atom is 0.229 e. The molecule has 1 aromatic rings. The van der Waals surface area contributed by atoms with Crippen LogP contribution in [-0.2, 0) is 20.7 Å². The number of benzene rings is 1. The van der Waals surface area contributed by atoms with Crippen LogP contribution in [0.5, 0.6) is 0 Å². The highest BCUT2D eigenvalue weighted by atomic mass is 16.5. The number of nitrogens with one attached hydrogen (secondary N) is 1. The third-order valence-corrected chi connectivity index (χ3v) is 4.13. The number of amides is 2. The van der Waals surface area contributed by atoms with Gasteiger partial charge in [-0.3, -0.25) is 9.59 Å². The quantitative estimate of drug-likeness (QED) is 0.875. The highest BCUT2D eigenvalue weighted by molar-refractivity contribution is 5.97. The molecule has 22 heavy (non-hydrogen) atoms. The molecule has 0 aromatic heterocycles. The van der Waals surface area contributed by atoms with E-state index in [1.807, 2.05) is 31.2 Å². The molecule has 1 fully saturated rings. The van der Waals surface area contributed by atoms with Crippen LogP contribution in [0.25, 0.3) is 0 Å². The van der Waals surface area contributed by atoms with E-state index in [9.17, 15) is 9.59 Å². The third kappa shape index (κ3) is 3.65. The van der Waals surface area contributed by atoms with Gasteiger partial charge in [0, 0.05) is 25.8 Å². The van der Waals surface area contributed by atoms with Gasteiger partial charge in [-0.1, -0.05) is 25.1 Å². The first-order valence-corrected chi connectivity index (χ1v) is 7.74. The molecule has 0 spiro atoms. The molecule has 1 aliphatic rings. The minimum Gasteiger partial charge on any atom is -0.383 e. The monoisotopic (exact) mass is 304 g/mol. The van der Waals surface area contributed by atoms with Crippen molar-refractivity contribution >= 4 is 17.5 Å². The van der Waals surface area contributed by atoms with Crippen molar-refractivity contribution in [2.75, 3.05) is 25.6 Å². The van der Waals surface area contributed by atoms with Crippen molar-refractivity contribution < 1.29 is 14.3 Å². The summed E-state index contributed by atoms with van der Waals surface area (Å²) in [7, 11) is 1.61. The zero-order chi connectivity index (χ0) is 16.1. The second kappa shape index (κ2) is 7.40. The Labute approximate surface area is 131 Å². The Morgan fingerprint density at radius 1 is 1.45 bits per heavy atom. The number of likely N-dealkylation sites (tertiary alicyclic amines) is 1. The van der Waals surface area contributed by atoms with Gasteiger partial charge in [0.15, 0.2) is 0 Å². The van der Waals surface area contributed by atoms with Crippen LogP contribution in [0.3, 0.4) is 0 Å². The summed E-state index contributed by atoms with van der Waals surface area (Å²) in [6, 6.07) is 7.77. The van der Waals surface area contributed by atoms with E-state index >= 15 is 0 Å². The Hall–Kier alpha value is -1.88. The molecule has 0 bridgehead atoms. The van der Waals surface area contributed by atoms with Gasteiger partial charge >= 0.3 is 0 Å². The van der Waals surface area contributed by atoms with Gasteiger partial charge in [-0.2, -0.15) is 0 Å². The summed E-state index contributed by atoms with van der Waals surface area (Å²) in [5.41, 5.74) is 1.94. The van der Waals surface area contributed by atoms with Crippen LogP contribution in [0, 0.1) is 5.92 Å². The van der Waals surface area contributed by atoms with Crippen LogP contribution >= 0.6 is 0 Å². The number of hydrogen-bond donors (Lipinski definition) is 1. The van der Waals surface area contributed by atoms with E-state index in [1.54, 1.807) is 12.0 Å². The van der Waals surface area contributed by atoms with Crippen molar-refractivity contribution in [3.8, 4) is 0 Å². The first-order valence-electron chi connectivity index (χ1n) is 7.74. The smallest absolute Gasteiger partial charge is 0.229 e. The second-order valence-corrected chi connectivity index (χ2v) is 5.75. The largest absolute Gasteiger partial charge is 0.383 e. The normalized spacial score (nSPS) is 19.3. The van der Waals surface area contributed by atoms with Crippen LogP contribution in [0.1, 0.15) is 25.8 Å². The van der Waals surface area contributed by atoms with Gasteiger partial charge in [0.1, 0.15) is 0 Å². The maximum absolute atomic E-state index is 12.4. The number of methoxy groups -OCH3 is 1. The zero-order valence-corrected chi connectivity index (χ0v) is 13.5. The topological polar surface area (TPSA) is 58.6 Å². The SMILES string of the molecule is CCc1ccccc1NC(=O)[C@H]1CC(=O)N([C@@H](C)COC)C1. The lowest BCUT2D eigenvalue weighted by Gasteiger charge is -2.24. The van der Waals surface area contributed by atoms with Gasteiger partial charge in [-0.05, 0) is 25.0 Å². The molecule has 1 heterocycles. The first kappa shape index (κ1) is 16.5. The van der Waals surface area contributed by atoms with Gasteiger partial charge < -0.3 is 15.0 Å². The molecule has 2 rings (SSSR count). The van der Waals surface area contributed by atoms with E-state index < -0.39 is 0 Å². The number of rotatable bonds is 6. The molecule has 0 aliphatic carbocycles. The van der Waals surface area contributed by atoms with Crippen molar-refractivity contribution in [3.05, 3.63) is 29.8 Å². The second-order valence-electron chi connectivity index (χ2n) is 5.75. The molecule has 2 atom stereocenters. The molecule has 2 amide bonds. The number of carbonyl (C=O) groups excluding carboxylic acids is 2. The predicted octanol–water partition coefficient (Wildman–Crippen LogP) is 2.07. The van der Waals surface area contributed by atoms with Crippen molar-refractivity contribution in [2.24, 2.45) is 5.92 Å². The third-order valence-electron chi connectivity index (χ3n) is 4.13. The predicted molar refractivity (Wildman–Crippen MR) is 85.6 cm³/mol. The number of para-hydroxylation sites is 1. The molecule has 1 aliphatic heterocycles. The van der Waals surface area contributed by atoms with Crippen molar-refractivity contribution in [1.82, 2.24) is 4.90 Å². The molecule has 0 radical (unpaired) electrons. The number of anilines is 1. The lowest BCUT2D eigenvalue weighted by atomic mass is 10.1. The Kier molecular flexibility index (Phi) is 5.55. The summed E-state index contributed by atoms with van der Waals surface area (Å²) in [5, 5.41) is 2.97. The zero-order valence-electron chi connectivity index (χ0n) is 13.5. The van der Waals surface area contributed by atoms with E-state index in [0.29, 0.717) is 13.2 Å². The van der Waals surface area contributed by atoms with Gasteiger partial charge in [-0.25, -0.2) is 0 Å². The summed E-state index contributed by atoms with van der Waals surface area (Å²) in [5.74, 6) is -0.355. The highest BCUT2D eigenvalue weighted by Gasteiger charge is 2.36. The summed E-state index contributed by atoms with van der Waals surface area (Å²) < 4.78 is 5.09. The van der Waals surface area contributed by atoms with Crippen LogP contribution in [0.2, 0.25) is 0 Å². The van der Waals surface area contributed by atoms with E-state index in [0.717, 1.165) is 17.7 Å². The van der Waals surface area contributed by atoms with Gasteiger partial charge in [-0.15, -0.1) is 0 Å². The molecule has 5 nitrogen and oxygen atoms in total. The van der Waals surface area contributed by atoms with E-state index in [2.05, 4.69) is 12.2 Å². The Balaban J connectivity index is 2.01. The Morgan fingerprint density at radius 2 is 2.18 bits per heavy atom. The summed E-state index contributed by atoms with van der Waals surface area (Å²) >= 11 is 0. The Bertz CT molecular complexity index is 544. The summed E-state index contributed by atoms with van der Waals surface area (Å²) in [4.78, 5) is 26.2. The number of hydrogen-bond acceptors (Lipinski definition) is 3. The summed E-state index contributed by atoms with van der Waals surface area (Å²) in [6.45, 7) is 4.94. The maximum atomic E-state index is 12.4. The molecule has 120 valence electrons. The first-order chi connectivity index (χ1) is 10.6. The van der Waals surface area contributed by atoms with Crippen molar-refractivity contribution in [1.29, 1.82) is 0 Å². The minimum atomic E-state index is -0.295. The number of ether oxygens (including phenoxy) is 1.